The number of nitrogens with zero attached hydrogens (tertiary/aromatic N) is 4. The number of aryl methyl sites for hydroxylation is 1. The van der Waals surface area contributed by atoms with E-state index < -0.39 is 14.8 Å². The van der Waals surface area contributed by atoms with Crippen LogP contribution >= 0.6 is 0 Å². The lowest BCUT2D eigenvalue weighted by molar-refractivity contribution is -0.385. The molecule has 1 unspecified atom stereocenters. The Morgan fingerprint density at radius 2 is 1.61 bits per heavy atom. The van der Waals surface area contributed by atoms with E-state index in [9.17, 15) is 23.3 Å². The highest BCUT2D eigenvalue weighted by Gasteiger charge is 2.24. The largest absolute Gasteiger partial charge is 0.330 e. The van der Waals surface area contributed by atoms with Crippen molar-refractivity contribution < 1.29 is 18.1 Å². The molecule has 1 atom stereocenters. The number of nitro benzene ring substituents is 1. The molecule has 11 heteroatoms. The molecule has 4 rings (SSSR count). The molecule has 1 aromatic heterocycles. The van der Waals surface area contributed by atoms with E-state index in [1.807, 2.05) is 80.6 Å². The van der Waals surface area contributed by atoms with Gasteiger partial charge in [0.05, 0.1) is 15.5 Å². The zero-order valence-corrected chi connectivity index (χ0v) is 27.8. The molecule has 242 valence electrons. The molecule has 0 aliphatic rings. The maximum atomic E-state index is 13.6. The van der Waals surface area contributed by atoms with Gasteiger partial charge in [0.1, 0.15) is 0 Å². The van der Waals surface area contributed by atoms with Crippen LogP contribution in [0.3, 0.4) is 0 Å². The molecule has 1 heterocycles. The van der Waals surface area contributed by atoms with Crippen LogP contribution in [0.2, 0.25) is 0 Å². The summed E-state index contributed by atoms with van der Waals surface area (Å²) in [7, 11) is 0.731. The second-order valence-electron chi connectivity index (χ2n) is 11.9. The van der Waals surface area contributed by atoms with Gasteiger partial charge in [0.15, 0.2) is 9.84 Å². The molecule has 0 aliphatic heterocycles. The van der Waals surface area contributed by atoms with Crippen LogP contribution in [0, 0.1) is 17.0 Å². The third-order valence-corrected chi connectivity index (χ3v) is 8.89. The first-order valence-corrected chi connectivity index (χ1v) is 17.0. The molecule has 0 radical (unpaired) electrons. The molecule has 1 amide bonds. The minimum atomic E-state index is -3.19. The topological polar surface area (TPSA) is 126 Å². The van der Waals surface area contributed by atoms with Gasteiger partial charge in [-0.1, -0.05) is 42.5 Å². The smallest absolute Gasteiger partial charge is 0.272 e. The van der Waals surface area contributed by atoms with E-state index in [4.69, 9.17) is 0 Å². The number of rotatable bonds is 14. The molecule has 0 spiro atoms. The second kappa shape index (κ2) is 15.2. The summed E-state index contributed by atoms with van der Waals surface area (Å²) >= 11 is 0. The molecule has 0 bridgehead atoms. The molecule has 3 aromatic carbocycles. The van der Waals surface area contributed by atoms with Crippen LogP contribution in [0.5, 0.6) is 0 Å². The summed E-state index contributed by atoms with van der Waals surface area (Å²) in [5, 5.41) is 14.7. The number of hydrogen-bond acceptors (Lipinski definition) is 8. The van der Waals surface area contributed by atoms with Gasteiger partial charge < -0.3 is 15.1 Å². The van der Waals surface area contributed by atoms with Crippen molar-refractivity contribution in [2.45, 2.75) is 44.3 Å². The van der Waals surface area contributed by atoms with E-state index in [-0.39, 0.29) is 17.6 Å². The number of sulfone groups is 1. The Morgan fingerprint density at radius 1 is 0.957 bits per heavy atom. The lowest BCUT2D eigenvalue weighted by Gasteiger charge is -2.31. The van der Waals surface area contributed by atoms with Crippen LogP contribution < -0.4 is 5.32 Å². The van der Waals surface area contributed by atoms with Crippen LogP contribution in [0.15, 0.2) is 90.0 Å². The van der Waals surface area contributed by atoms with Crippen LogP contribution in [0.4, 0.5) is 5.69 Å². The Kier molecular flexibility index (Phi) is 11.4. The van der Waals surface area contributed by atoms with Gasteiger partial charge in [0.2, 0.25) is 0 Å². The van der Waals surface area contributed by atoms with E-state index >= 15 is 0 Å². The summed E-state index contributed by atoms with van der Waals surface area (Å²) in [6.45, 7) is 6.12. The van der Waals surface area contributed by atoms with Crippen LogP contribution in [-0.4, -0.2) is 73.5 Å². The van der Waals surface area contributed by atoms with Crippen LogP contribution in [0.25, 0.3) is 11.3 Å². The maximum Gasteiger partial charge on any atom is 0.272 e. The number of carbonyl (C=O) groups excluding carboxylic acids is 1. The first kappa shape index (κ1) is 34.4. The number of hydrogen-bond donors (Lipinski definition) is 1. The normalized spacial score (nSPS) is 12.2. The summed E-state index contributed by atoms with van der Waals surface area (Å²) in [5.74, 6) is -0.174. The summed E-state index contributed by atoms with van der Waals surface area (Å²) in [6, 6.07) is 23.4. The SMILES string of the molecule is Cc1cc(C(=O)N(Cc2ccc(-c3ccc(CNCCc4ccc(S(C)(=O)=O)cc4)cn3)cc2)C(C)CN(C)C)ccc1[N+](=O)[O-]. The van der Waals surface area contributed by atoms with Gasteiger partial charge in [0.25, 0.3) is 11.6 Å². The molecule has 0 aliphatic carbocycles. The van der Waals surface area contributed by atoms with Gasteiger partial charge in [-0.3, -0.25) is 19.9 Å². The zero-order valence-electron chi connectivity index (χ0n) is 26.9. The van der Waals surface area contributed by atoms with Crippen molar-refractivity contribution in [3.63, 3.8) is 0 Å². The average Bonchev–Trinajstić information content (AvgIpc) is 3.01. The quantitative estimate of drug-likeness (QED) is 0.112. The number of nitrogens with one attached hydrogen (secondary N) is 1. The van der Waals surface area contributed by atoms with Gasteiger partial charge in [0, 0.05) is 60.9 Å². The minimum absolute atomic E-state index is 0.00549. The fraction of sp³-hybridized carbons (Fsp3) is 0.314. The number of amides is 1. The number of likely N-dealkylation sites (N-methyl/N-ethyl adjacent to an activating group) is 1. The first-order valence-electron chi connectivity index (χ1n) is 15.1. The lowest BCUT2D eigenvalue weighted by atomic mass is 10.0. The van der Waals surface area contributed by atoms with Crippen molar-refractivity contribution in [1.29, 1.82) is 0 Å². The van der Waals surface area contributed by atoms with E-state index in [1.165, 1.54) is 18.4 Å². The average molecular weight is 644 g/mol. The van der Waals surface area contributed by atoms with Crippen LogP contribution in [-0.2, 0) is 29.3 Å². The Balaban J connectivity index is 1.36. The Bertz CT molecular complexity index is 1760. The van der Waals surface area contributed by atoms with Crippen molar-refractivity contribution in [2.24, 2.45) is 0 Å². The molecular weight excluding hydrogens is 602 g/mol. The van der Waals surface area contributed by atoms with Crippen molar-refractivity contribution in [3.05, 3.63) is 123 Å². The third kappa shape index (κ3) is 9.29. The molecule has 46 heavy (non-hydrogen) atoms. The molecule has 10 nitrogen and oxygen atoms in total. The molecule has 4 aromatic rings. The number of nitro groups is 1. The van der Waals surface area contributed by atoms with E-state index in [0.717, 1.165) is 40.9 Å². The zero-order chi connectivity index (χ0) is 33.4. The fourth-order valence-corrected chi connectivity index (χ4v) is 5.89. The lowest BCUT2D eigenvalue weighted by Crippen LogP contribution is -2.43. The van der Waals surface area contributed by atoms with E-state index in [1.54, 1.807) is 30.0 Å². The minimum Gasteiger partial charge on any atom is -0.330 e. The van der Waals surface area contributed by atoms with Gasteiger partial charge >= 0.3 is 0 Å². The maximum absolute atomic E-state index is 13.6. The highest BCUT2D eigenvalue weighted by Crippen LogP contribution is 2.23. The molecular formula is C35H41N5O5S. The van der Waals surface area contributed by atoms with E-state index in [2.05, 4.69) is 10.3 Å². The predicted molar refractivity (Wildman–Crippen MR) is 180 cm³/mol. The number of benzene rings is 3. The Labute approximate surface area is 271 Å². The standard InChI is InChI=1S/C35H41N5O5S/c1-25-20-31(13-17-34(25)40(42)43)35(41)39(26(2)23-38(3)4)24-28-6-11-30(12-7-28)33-16-10-29(22-37-33)21-36-19-18-27-8-14-32(15-9-27)46(5,44)45/h6-17,20,22,26,36H,18-19,21,23-24H2,1-5H3. The number of pyridine rings is 1. The molecule has 0 saturated heterocycles. The highest BCUT2D eigenvalue weighted by atomic mass is 32.2. The van der Waals surface area contributed by atoms with Gasteiger partial charge in [-0.15, -0.1) is 0 Å². The predicted octanol–water partition coefficient (Wildman–Crippen LogP) is 5.29. The highest BCUT2D eigenvalue weighted by molar-refractivity contribution is 7.90. The Hall–Kier alpha value is -4.45. The third-order valence-electron chi connectivity index (χ3n) is 7.76. The molecule has 0 fully saturated rings. The van der Waals surface area contributed by atoms with Gasteiger partial charge in [-0.25, -0.2) is 8.42 Å². The second-order valence-corrected chi connectivity index (χ2v) is 13.9. The van der Waals surface area contributed by atoms with Crippen molar-refractivity contribution in [2.75, 3.05) is 33.4 Å². The Morgan fingerprint density at radius 3 is 2.17 bits per heavy atom. The van der Waals surface area contributed by atoms with Crippen molar-refractivity contribution in [3.8, 4) is 11.3 Å². The molecule has 0 saturated carbocycles. The van der Waals surface area contributed by atoms with Gasteiger partial charge in [-0.2, -0.15) is 0 Å². The van der Waals surface area contributed by atoms with Crippen molar-refractivity contribution in [1.82, 2.24) is 20.1 Å². The summed E-state index contributed by atoms with van der Waals surface area (Å²) in [5.41, 5.74) is 5.77. The van der Waals surface area contributed by atoms with E-state index in [0.29, 0.717) is 35.7 Å². The molecule has 1 N–H and O–H groups in total. The summed E-state index contributed by atoms with van der Waals surface area (Å²) in [4.78, 5) is 33.3. The number of aromatic nitrogens is 1. The van der Waals surface area contributed by atoms with Crippen molar-refractivity contribution >= 4 is 21.4 Å². The number of carbonyl (C=O) groups is 1. The summed E-state index contributed by atoms with van der Waals surface area (Å²) in [6.07, 6.45) is 3.84. The van der Waals surface area contributed by atoms with Crippen LogP contribution in [0.1, 0.15) is 39.5 Å². The fourth-order valence-electron chi connectivity index (χ4n) is 5.26. The first-order chi connectivity index (χ1) is 21.8. The monoisotopic (exact) mass is 643 g/mol. The summed E-state index contributed by atoms with van der Waals surface area (Å²) < 4.78 is 23.3. The van der Waals surface area contributed by atoms with Gasteiger partial charge in [-0.05, 0) is 87.9 Å².